The lowest BCUT2D eigenvalue weighted by molar-refractivity contribution is -0.128. The molecule has 0 radical (unpaired) electrons. The van der Waals surface area contributed by atoms with Gasteiger partial charge < -0.3 is 10.1 Å². The zero-order valence-corrected chi connectivity index (χ0v) is 15.7. The fourth-order valence-electron chi connectivity index (χ4n) is 2.46. The van der Waals surface area contributed by atoms with Crippen LogP contribution in [0.2, 0.25) is 5.02 Å². The van der Waals surface area contributed by atoms with Crippen molar-refractivity contribution in [1.82, 2.24) is 9.78 Å². The van der Waals surface area contributed by atoms with Crippen LogP contribution in [-0.4, -0.2) is 21.3 Å². The van der Waals surface area contributed by atoms with Crippen molar-refractivity contribution in [2.75, 3.05) is 5.32 Å². The number of amides is 1. The summed E-state index contributed by atoms with van der Waals surface area (Å²) in [6.07, 6.45) is 1.60. The van der Waals surface area contributed by atoms with Gasteiger partial charge in [-0.1, -0.05) is 29.8 Å². The van der Waals surface area contributed by atoms with Gasteiger partial charge in [0.25, 0.3) is 5.91 Å². The first-order chi connectivity index (χ1) is 12.8. The molecule has 7 heteroatoms. The maximum atomic E-state index is 13.0. The maximum Gasteiger partial charge on any atom is 0.269 e. The van der Waals surface area contributed by atoms with Crippen molar-refractivity contribution in [3.63, 3.8) is 0 Å². The van der Waals surface area contributed by atoms with Gasteiger partial charge in [-0.2, -0.15) is 5.10 Å². The summed E-state index contributed by atoms with van der Waals surface area (Å²) in [5, 5.41) is 7.69. The summed E-state index contributed by atoms with van der Waals surface area (Å²) in [4.78, 5) is 12.7. The maximum absolute atomic E-state index is 13.0. The summed E-state index contributed by atoms with van der Waals surface area (Å²) in [5.74, 6) is 0.206. The average molecular weight is 388 g/mol. The molecule has 2 aromatic carbocycles. The van der Waals surface area contributed by atoms with Gasteiger partial charge in [0, 0.05) is 11.1 Å². The van der Waals surface area contributed by atoms with Crippen LogP contribution in [0.4, 0.5) is 10.2 Å². The van der Waals surface area contributed by atoms with Crippen molar-refractivity contribution in [1.29, 1.82) is 0 Å². The minimum atomic E-state index is -1.17. The zero-order chi connectivity index (χ0) is 19.4. The van der Waals surface area contributed by atoms with E-state index < -0.39 is 5.60 Å². The van der Waals surface area contributed by atoms with Crippen molar-refractivity contribution < 1.29 is 13.9 Å². The van der Waals surface area contributed by atoms with Gasteiger partial charge in [-0.25, -0.2) is 9.07 Å². The predicted octanol–water partition coefficient (Wildman–Crippen LogP) is 4.52. The molecule has 0 aliphatic heterocycles. The molecule has 5 nitrogen and oxygen atoms in total. The molecule has 0 aliphatic carbocycles. The minimum absolute atomic E-state index is 0.354. The molecule has 1 heterocycles. The number of ether oxygens (including phenoxy) is 1. The van der Waals surface area contributed by atoms with E-state index in [-0.39, 0.29) is 11.7 Å². The lowest BCUT2D eigenvalue weighted by atomic mass is 10.1. The number of benzene rings is 2. The molecule has 3 rings (SSSR count). The first kappa shape index (κ1) is 18.9. The number of nitrogens with one attached hydrogen (secondary N) is 1. The molecule has 1 amide bonds. The van der Waals surface area contributed by atoms with E-state index in [2.05, 4.69) is 10.4 Å². The van der Waals surface area contributed by atoms with Crippen molar-refractivity contribution in [3.8, 4) is 5.75 Å². The van der Waals surface area contributed by atoms with E-state index in [1.165, 1.54) is 24.3 Å². The van der Waals surface area contributed by atoms with Crippen LogP contribution in [0.15, 0.2) is 60.8 Å². The van der Waals surface area contributed by atoms with Crippen LogP contribution >= 0.6 is 11.6 Å². The Morgan fingerprint density at radius 3 is 2.59 bits per heavy atom. The summed E-state index contributed by atoms with van der Waals surface area (Å²) in [5.41, 5.74) is -0.280. The van der Waals surface area contributed by atoms with Gasteiger partial charge in [0.05, 0.1) is 12.7 Å². The van der Waals surface area contributed by atoms with Gasteiger partial charge in [-0.15, -0.1) is 0 Å². The Kier molecular flexibility index (Phi) is 5.46. The number of carbonyl (C=O) groups is 1. The minimum Gasteiger partial charge on any atom is -0.478 e. The summed E-state index contributed by atoms with van der Waals surface area (Å²) in [6.45, 7) is 3.70. The highest BCUT2D eigenvalue weighted by Crippen LogP contribution is 2.22. The third-order valence-electron chi connectivity index (χ3n) is 3.97. The molecule has 140 valence electrons. The summed E-state index contributed by atoms with van der Waals surface area (Å²) < 4.78 is 20.4. The Balaban J connectivity index is 1.71. The fraction of sp³-hybridized carbons (Fsp3) is 0.200. The molecule has 0 bridgehead atoms. The first-order valence-corrected chi connectivity index (χ1v) is 8.74. The molecule has 0 unspecified atom stereocenters. The van der Waals surface area contributed by atoms with Crippen molar-refractivity contribution >= 4 is 23.3 Å². The summed E-state index contributed by atoms with van der Waals surface area (Å²) in [7, 11) is 0. The smallest absolute Gasteiger partial charge is 0.269 e. The van der Waals surface area contributed by atoms with Gasteiger partial charge in [0.15, 0.2) is 5.60 Å². The van der Waals surface area contributed by atoms with E-state index in [0.29, 0.717) is 23.1 Å². The van der Waals surface area contributed by atoms with E-state index in [9.17, 15) is 9.18 Å². The molecule has 0 fully saturated rings. The van der Waals surface area contributed by atoms with Crippen molar-refractivity contribution in [3.05, 3.63) is 77.2 Å². The van der Waals surface area contributed by atoms with Crippen molar-refractivity contribution in [2.45, 2.75) is 26.0 Å². The summed E-state index contributed by atoms with van der Waals surface area (Å²) in [6, 6.07) is 14.7. The third kappa shape index (κ3) is 4.65. The molecule has 0 atom stereocenters. The number of carbonyl (C=O) groups excluding carboxylic acids is 1. The topological polar surface area (TPSA) is 56.1 Å². The Labute approximate surface area is 161 Å². The molecule has 3 aromatic rings. The normalized spacial score (nSPS) is 11.3. The summed E-state index contributed by atoms with van der Waals surface area (Å²) >= 11 is 6.20. The second-order valence-electron chi connectivity index (χ2n) is 6.49. The molecule has 0 aliphatic rings. The predicted molar refractivity (Wildman–Crippen MR) is 103 cm³/mol. The highest BCUT2D eigenvalue weighted by Gasteiger charge is 2.30. The van der Waals surface area contributed by atoms with Crippen LogP contribution in [0, 0.1) is 5.82 Å². The molecule has 1 aromatic heterocycles. The number of aromatic nitrogens is 2. The molecule has 1 N–H and O–H groups in total. The highest BCUT2D eigenvalue weighted by molar-refractivity contribution is 6.31. The Morgan fingerprint density at radius 1 is 1.19 bits per heavy atom. The van der Waals surface area contributed by atoms with Crippen LogP contribution in [0.5, 0.6) is 5.75 Å². The molecule has 0 saturated heterocycles. The first-order valence-electron chi connectivity index (χ1n) is 8.36. The highest BCUT2D eigenvalue weighted by atomic mass is 35.5. The SMILES string of the molecule is CC(C)(Oc1ccc(F)cc1)C(=O)Nc1ccnn1Cc1ccccc1Cl. The van der Waals surface area contributed by atoms with Crippen molar-refractivity contribution in [2.24, 2.45) is 0 Å². The van der Waals surface area contributed by atoms with E-state index >= 15 is 0 Å². The lowest BCUT2D eigenvalue weighted by Crippen LogP contribution is -2.43. The second-order valence-corrected chi connectivity index (χ2v) is 6.89. The largest absolute Gasteiger partial charge is 0.478 e. The van der Waals surface area contributed by atoms with Gasteiger partial charge in [-0.05, 0) is 49.7 Å². The fourth-order valence-corrected chi connectivity index (χ4v) is 2.66. The molecule has 0 saturated carbocycles. The number of hydrogen-bond acceptors (Lipinski definition) is 3. The van der Waals surface area contributed by atoms with Crippen LogP contribution in [0.3, 0.4) is 0 Å². The second kappa shape index (κ2) is 7.80. The lowest BCUT2D eigenvalue weighted by Gasteiger charge is -2.25. The van der Waals surface area contributed by atoms with Gasteiger partial charge in [0.2, 0.25) is 0 Å². The number of nitrogens with zero attached hydrogens (tertiary/aromatic N) is 2. The molecule has 0 spiro atoms. The van der Waals surface area contributed by atoms with E-state index in [1.807, 2.05) is 18.2 Å². The molecular formula is C20H19ClFN3O2. The number of halogens is 2. The van der Waals surface area contributed by atoms with Gasteiger partial charge in [0.1, 0.15) is 17.4 Å². The van der Waals surface area contributed by atoms with Gasteiger partial charge >= 0.3 is 0 Å². The third-order valence-corrected chi connectivity index (χ3v) is 4.34. The Hall–Kier alpha value is -2.86. The van der Waals surface area contributed by atoms with E-state index in [0.717, 1.165) is 5.56 Å². The molecule has 27 heavy (non-hydrogen) atoms. The average Bonchev–Trinajstić information content (AvgIpc) is 3.05. The zero-order valence-electron chi connectivity index (χ0n) is 14.9. The van der Waals surface area contributed by atoms with E-state index in [4.69, 9.17) is 16.3 Å². The van der Waals surface area contributed by atoms with Gasteiger partial charge in [-0.3, -0.25) is 4.79 Å². The Bertz CT molecular complexity index is 938. The van der Waals surface area contributed by atoms with Crippen LogP contribution in [-0.2, 0) is 11.3 Å². The Morgan fingerprint density at radius 2 is 1.89 bits per heavy atom. The molecular weight excluding hydrogens is 369 g/mol. The number of anilines is 1. The van der Waals surface area contributed by atoms with Crippen LogP contribution < -0.4 is 10.1 Å². The monoisotopic (exact) mass is 387 g/mol. The van der Waals surface area contributed by atoms with Crippen LogP contribution in [0.1, 0.15) is 19.4 Å². The van der Waals surface area contributed by atoms with E-state index in [1.54, 1.807) is 36.9 Å². The number of hydrogen-bond donors (Lipinski definition) is 1. The van der Waals surface area contributed by atoms with Crippen LogP contribution in [0.25, 0.3) is 0 Å². The number of rotatable bonds is 6. The standard InChI is InChI=1S/C20H19ClFN3O2/c1-20(2,27-16-9-7-15(22)8-10-16)19(26)24-18-11-12-23-25(18)13-14-5-3-4-6-17(14)21/h3-12H,13H2,1-2H3,(H,24,26). The quantitative estimate of drug-likeness (QED) is 0.676.